The third kappa shape index (κ3) is 4.87. The van der Waals surface area contributed by atoms with Crippen LogP contribution in [0.25, 0.3) is 0 Å². The number of hydrogen-bond donors (Lipinski definition) is 0. The van der Waals surface area contributed by atoms with Crippen molar-refractivity contribution in [3.8, 4) is 0 Å². The van der Waals surface area contributed by atoms with Gasteiger partial charge in [-0.3, -0.25) is 4.79 Å². The van der Waals surface area contributed by atoms with Gasteiger partial charge in [0.1, 0.15) is 0 Å². The summed E-state index contributed by atoms with van der Waals surface area (Å²) >= 11 is 0. The van der Waals surface area contributed by atoms with Crippen LogP contribution in [-0.4, -0.2) is 36.5 Å². The Hall–Kier alpha value is -1.49. The summed E-state index contributed by atoms with van der Waals surface area (Å²) in [4.78, 5) is 12.3. The zero-order valence-electron chi connectivity index (χ0n) is 19.1. The fourth-order valence-corrected chi connectivity index (χ4v) is 5.27. The Labute approximate surface area is 181 Å². The Morgan fingerprint density at radius 1 is 1.17 bits per heavy atom. The molecule has 3 aliphatic heterocycles. The molecule has 0 aromatic heterocycles. The Bertz CT molecular complexity index is 809. The van der Waals surface area contributed by atoms with Gasteiger partial charge in [0.25, 0.3) is 0 Å². The van der Waals surface area contributed by atoms with Gasteiger partial charge >= 0.3 is 0 Å². The lowest BCUT2D eigenvalue weighted by Crippen LogP contribution is -2.54. The van der Waals surface area contributed by atoms with Crippen LogP contribution in [-0.2, 0) is 19.0 Å². The van der Waals surface area contributed by atoms with Gasteiger partial charge < -0.3 is 14.2 Å². The Balaban J connectivity index is 1.54. The SMILES string of the molecule is CC(C)=CCC/C(C)=C/[C@@H]1CC(C)=C[C@]2(CC(C3CO3)[C@@H]3CC(=O)C(C)=C[C@@H]3O2)O1. The molecule has 2 unspecified atom stereocenters. The molecular formula is C26H36O4. The third-order valence-corrected chi connectivity index (χ3v) is 6.84. The maximum Gasteiger partial charge on any atom is 0.189 e. The summed E-state index contributed by atoms with van der Waals surface area (Å²) in [6, 6.07) is 0. The van der Waals surface area contributed by atoms with Gasteiger partial charge in [0.15, 0.2) is 11.6 Å². The molecule has 0 bridgehead atoms. The molecule has 4 aliphatic rings. The van der Waals surface area contributed by atoms with E-state index in [0.29, 0.717) is 12.3 Å². The molecule has 30 heavy (non-hydrogen) atoms. The number of carbonyl (C=O) groups excluding carboxylic acids is 1. The van der Waals surface area contributed by atoms with E-state index < -0.39 is 5.79 Å². The zero-order valence-corrected chi connectivity index (χ0v) is 19.1. The zero-order chi connectivity index (χ0) is 21.5. The first-order chi connectivity index (χ1) is 14.2. The van der Waals surface area contributed by atoms with Crippen LogP contribution in [0.15, 0.2) is 46.6 Å². The predicted molar refractivity (Wildman–Crippen MR) is 118 cm³/mol. The number of ether oxygens (including phenoxy) is 3. The lowest BCUT2D eigenvalue weighted by molar-refractivity contribution is -0.283. The van der Waals surface area contributed by atoms with Crippen molar-refractivity contribution in [2.24, 2.45) is 11.8 Å². The first-order valence-electron chi connectivity index (χ1n) is 11.4. The maximum atomic E-state index is 12.3. The van der Waals surface area contributed by atoms with E-state index in [4.69, 9.17) is 14.2 Å². The van der Waals surface area contributed by atoms with Crippen LogP contribution >= 0.6 is 0 Å². The maximum absolute atomic E-state index is 12.3. The molecule has 2 saturated heterocycles. The number of ketones is 1. The summed E-state index contributed by atoms with van der Waals surface area (Å²) < 4.78 is 19.0. The van der Waals surface area contributed by atoms with Crippen molar-refractivity contribution in [1.82, 2.24) is 0 Å². The average Bonchev–Trinajstić information content (AvgIpc) is 3.46. The normalized spacial score (nSPS) is 38.6. The second-order valence-corrected chi connectivity index (χ2v) is 9.96. The fraction of sp³-hybridized carbons (Fsp3) is 0.654. The van der Waals surface area contributed by atoms with Crippen LogP contribution in [0, 0.1) is 11.8 Å². The van der Waals surface area contributed by atoms with Crippen molar-refractivity contribution in [3.05, 3.63) is 46.6 Å². The van der Waals surface area contributed by atoms with Crippen LogP contribution < -0.4 is 0 Å². The summed E-state index contributed by atoms with van der Waals surface area (Å²) in [5.74, 6) is 0.00466. The monoisotopic (exact) mass is 412 g/mol. The van der Waals surface area contributed by atoms with Gasteiger partial charge in [-0.1, -0.05) is 28.9 Å². The number of carbonyl (C=O) groups is 1. The quantitative estimate of drug-likeness (QED) is 0.445. The van der Waals surface area contributed by atoms with E-state index in [2.05, 4.69) is 45.9 Å². The van der Waals surface area contributed by atoms with Gasteiger partial charge in [0.05, 0.1) is 24.9 Å². The number of epoxide rings is 1. The second-order valence-electron chi connectivity index (χ2n) is 9.96. The smallest absolute Gasteiger partial charge is 0.189 e. The van der Waals surface area contributed by atoms with Gasteiger partial charge in [0, 0.05) is 18.8 Å². The summed E-state index contributed by atoms with van der Waals surface area (Å²) in [6.45, 7) is 11.3. The molecule has 1 spiro atoms. The highest BCUT2D eigenvalue weighted by Gasteiger charge is 2.54. The summed E-state index contributed by atoms with van der Waals surface area (Å²) in [7, 11) is 0. The van der Waals surface area contributed by atoms with Crippen LogP contribution in [0.3, 0.4) is 0 Å². The number of rotatable bonds is 5. The molecule has 0 N–H and O–H groups in total. The van der Waals surface area contributed by atoms with Gasteiger partial charge in [-0.2, -0.15) is 0 Å². The minimum Gasteiger partial charge on any atom is -0.373 e. The van der Waals surface area contributed by atoms with E-state index in [9.17, 15) is 4.79 Å². The highest BCUT2D eigenvalue weighted by atomic mass is 16.7. The summed E-state index contributed by atoms with van der Waals surface area (Å²) in [5.41, 5.74) is 4.84. The Morgan fingerprint density at radius 3 is 2.63 bits per heavy atom. The molecular weight excluding hydrogens is 376 g/mol. The molecule has 0 saturated carbocycles. The number of fused-ring (bicyclic) bond motifs is 1. The largest absolute Gasteiger partial charge is 0.373 e. The number of hydrogen-bond acceptors (Lipinski definition) is 4. The summed E-state index contributed by atoms with van der Waals surface area (Å²) in [6.07, 6.45) is 13.3. The van der Waals surface area contributed by atoms with E-state index in [1.807, 2.05) is 13.0 Å². The lowest BCUT2D eigenvalue weighted by Gasteiger charge is -2.50. The standard InChI is InChI=1S/C26H36O4/c1-16(2)7-6-8-17(3)9-20-10-18(4)13-26(29-20)14-22(25-15-28-25)21-12-23(27)19(5)11-24(21)30-26/h7,9,11,13,20-22,24-25H,6,8,10,12,14-15H2,1-5H3/b17-9+/t20-,21+,22?,24+,25?,26+/m1/s1. The number of allylic oxidation sites excluding steroid dienone is 4. The molecule has 0 aromatic carbocycles. The molecule has 6 atom stereocenters. The molecule has 4 rings (SSSR count). The summed E-state index contributed by atoms with van der Waals surface area (Å²) in [5, 5.41) is 0. The highest BCUT2D eigenvalue weighted by molar-refractivity contribution is 5.96. The van der Waals surface area contributed by atoms with Crippen LogP contribution in [0.4, 0.5) is 0 Å². The molecule has 3 heterocycles. The molecule has 1 aliphatic carbocycles. The van der Waals surface area contributed by atoms with Gasteiger partial charge in [0.2, 0.25) is 0 Å². The molecule has 2 fully saturated rings. The minimum absolute atomic E-state index is 0.0225. The molecule has 0 radical (unpaired) electrons. The first kappa shape index (κ1) is 21.7. The van der Waals surface area contributed by atoms with Crippen molar-refractivity contribution in [2.45, 2.75) is 90.8 Å². The second kappa shape index (κ2) is 8.57. The molecule has 4 nitrogen and oxygen atoms in total. The van der Waals surface area contributed by atoms with Crippen LogP contribution in [0.5, 0.6) is 0 Å². The third-order valence-electron chi connectivity index (χ3n) is 6.84. The van der Waals surface area contributed by atoms with Crippen molar-refractivity contribution in [1.29, 1.82) is 0 Å². The van der Waals surface area contributed by atoms with Crippen LogP contribution in [0.2, 0.25) is 0 Å². The van der Waals surface area contributed by atoms with Gasteiger partial charge in [-0.25, -0.2) is 0 Å². The predicted octanol–water partition coefficient (Wildman–Crippen LogP) is 5.45. The van der Waals surface area contributed by atoms with E-state index in [1.165, 1.54) is 16.7 Å². The lowest BCUT2D eigenvalue weighted by atomic mass is 9.71. The highest BCUT2D eigenvalue weighted by Crippen LogP contribution is 2.49. The first-order valence-corrected chi connectivity index (χ1v) is 11.4. The van der Waals surface area contributed by atoms with E-state index in [-0.39, 0.29) is 30.0 Å². The number of Topliss-reactive ketones (excluding diaryl/α,β-unsaturated/α-hetero) is 1. The fourth-order valence-electron chi connectivity index (χ4n) is 5.27. The van der Waals surface area contributed by atoms with Crippen molar-refractivity contribution in [2.75, 3.05) is 6.61 Å². The topological polar surface area (TPSA) is 48.1 Å². The minimum atomic E-state index is -0.724. The van der Waals surface area contributed by atoms with E-state index in [0.717, 1.165) is 37.9 Å². The molecule has 0 aromatic rings. The van der Waals surface area contributed by atoms with Gasteiger partial charge in [-0.15, -0.1) is 0 Å². The molecule has 4 heteroatoms. The van der Waals surface area contributed by atoms with Gasteiger partial charge in [-0.05, 0) is 77.5 Å². The van der Waals surface area contributed by atoms with E-state index >= 15 is 0 Å². The van der Waals surface area contributed by atoms with Crippen molar-refractivity contribution < 1.29 is 19.0 Å². The average molecular weight is 413 g/mol. The Kier molecular flexibility index (Phi) is 6.20. The van der Waals surface area contributed by atoms with Crippen LogP contribution in [0.1, 0.15) is 66.7 Å². The van der Waals surface area contributed by atoms with E-state index in [1.54, 1.807) is 0 Å². The van der Waals surface area contributed by atoms with Crippen molar-refractivity contribution >= 4 is 5.78 Å². The van der Waals surface area contributed by atoms with Crippen molar-refractivity contribution in [3.63, 3.8) is 0 Å². The molecule has 164 valence electrons. The Morgan fingerprint density at radius 2 is 1.93 bits per heavy atom. The molecule has 0 amide bonds.